The molecule has 0 unspecified atom stereocenters. The average Bonchev–Trinajstić information content (AvgIpc) is 2.37. The van der Waals surface area contributed by atoms with Crippen LogP contribution in [-0.4, -0.2) is 0 Å². The van der Waals surface area contributed by atoms with Gasteiger partial charge < -0.3 is 10.5 Å². The Morgan fingerprint density at radius 3 is 2.61 bits per heavy atom. The van der Waals surface area contributed by atoms with E-state index in [1.165, 1.54) is 0 Å². The number of nitrogens with two attached hydrogens (primary N) is 1. The van der Waals surface area contributed by atoms with Gasteiger partial charge in [-0.3, -0.25) is 0 Å². The molecule has 0 atom stereocenters. The van der Waals surface area contributed by atoms with Crippen molar-refractivity contribution in [2.75, 3.05) is 5.73 Å². The van der Waals surface area contributed by atoms with Gasteiger partial charge in [0.1, 0.15) is 10.8 Å². The monoisotopic (exact) mass is 278 g/mol. The maximum absolute atomic E-state index is 8.82. The summed E-state index contributed by atoms with van der Waals surface area (Å²) in [6, 6.07) is 11.8. The summed E-state index contributed by atoms with van der Waals surface area (Å²) < 4.78 is 5.57. The summed E-state index contributed by atoms with van der Waals surface area (Å²) in [7, 11) is 0. The van der Waals surface area contributed by atoms with Crippen molar-refractivity contribution in [1.82, 2.24) is 0 Å². The smallest absolute Gasteiger partial charge is 0.151 e. The standard InChI is InChI=1S/C13H8Cl2N2O/c14-9-2-1-3-11(13(9)15)18-12-6-8(7-16)4-5-10(12)17/h1-6H,17H2. The lowest BCUT2D eigenvalue weighted by Gasteiger charge is -2.10. The van der Waals surface area contributed by atoms with E-state index in [1.807, 2.05) is 6.07 Å². The SMILES string of the molecule is N#Cc1ccc(N)c(Oc2cccc(Cl)c2Cl)c1. The predicted octanol–water partition coefficient (Wildman–Crippen LogP) is 4.24. The van der Waals surface area contributed by atoms with Gasteiger partial charge >= 0.3 is 0 Å². The molecular weight excluding hydrogens is 271 g/mol. The molecule has 2 rings (SSSR count). The minimum absolute atomic E-state index is 0.306. The van der Waals surface area contributed by atoms with Gasteiger partial charge in [-0.1, -0.05) is 29.3 Å². The molecule has 2 N–H and O–H groups in total. The lowest BCUT2D eigenvalue weighted by atomic mass is 10.2. The Balaban J connectivity index is 2.40. The molecule has 0 heterocycles. The number of nitrogens with zero attached hydrogens (tertiary/aromatic N) is 1. The van der Waals surface area contributed by atoms with Crippen molar-refractivity contribution in [2.24, 2.45) is 0 Å². The molecule has 2 aromatic rings. The summed E-state index contributed by atoms with van der Waals surface area (Å²) in [4.78, 5) is 0. The molecule has 0 saturated heterocycles. The summed E-state index contributed by atoms with van der Waals surface area (Å²) in [5.41, 5.74) is 6.65. The number of ether oxygens (including phenoxy) is 1. The number of halogens is 2. The van der Waals surface area contributed by atoms with Gasteiger partial charge in [0.15, 0.2) is 5.75 Å². The Morgan fingerprint density at radius 1 is 1.11 bits per heavy atom. The molecule has 5 heteroatoms. The highest BCUT2D eigenvalue weighted by Gasteiger charge is 2.09. The highest BCUT2D eigenvalue weighted by molar-refractivity contribution is 6.42. The molecular formula is C13H8Cl2N2O. The fraction of sp³-hybridized carbons (Fsp3) is 0. The third kappa shape index (κ3) is 2.51. The Hall–Kier alpha value is -1.89. The first kappa shape index (κ1) is 12.6. The number of nitrogen functional groups attached to an aromatic ring is 1. The van der Waals surface area contributed by atoms with Crippen LogP contribution in [0, 0.1) is 11.3 Å². The molecule has 0 aliphatic carbocycles. The molecule has 0 bridgehead atoms. The van der Waals surface area contributed by atoms with E-state index in [1.54, 1.807) is 36.4 Å². The average molecular weight is 279 g/mol. The Kier molecular flexibility index (Phi) is 3.61. The van der Waals surface area contributed by atoms with Gasteiger partial charge in [-0.2, -0.15) is 5.26 Å². The molecule has 0 aromatic heterocycles. The van der Waals surface area contributed by atoms with Crippen LogP contribution in [0.3, 0.4) is 0 Å². The number of hydrogen-bond acceptors (Lipinski definition) is 3. The van der Waals surface area contributed by atoms with E-state index in [-0.39, 0.29) is 0 Å². The van der Waals surface area contributed by atoms with Gasteiger partial charge in [-0.05, 0) is 24.3 Å². The number of benzene rings is 2. The number of rotatable bonds is 2. The minimum atomic E-state index is 0.306. The zero-order chi connectivity index (χ0) is 13.1. The second-order valence-corrected chi connectivity index (χ2v) is 4.30. The van der Waals surface area contributed by atoms with Crippen LogP contribution in [0.2, 0.25) is 10.0 Å². The van der Waals surface area contributed by atoms with Crippen molar-refractivity contribution in [3.63, 3.8) is 0 Å². The summed E-state index contributed by atoms with van der Waals surface area (Å²) in [5, 5.41) is 9.52. The van der Waals surface area contributed by atoms with Crippen molar-refractivity contribution in [3.05, 3.63) is 52.0 Å². The quantitative estimate of drug-likeness (QED) is 0.836. The van der Waals surface area contributed by atoms with Crippen molar-refractivity contribution in [2.45, 2.75) is 0 Å². The highest BCUT2D eigenvalue weighted by Crippen LogP contribution is 2.36. The number of hydrogen-bond donors (Lipinski definition) is 1. The summed E-state index contributed by atoms with van der Waals surface area (Å²) in [6.45, 7) is 0. The fourth-order valence-corrected chi connectivity index (χ4v) is 1.70. The van der Waals surface area contributed by atoms with E-state index < -0.39 is 0 Å². The van der Waals surface area contributed by atoms with Crippen molar-refractivity contribution in [3.8, 4) is 17.6 Å². The third-order valence-electron chi connectivity index (χ3n) is 2.28. The van der Waals surface area contributed by atoms with E-state index in [0.717, 1.165) is 0 Å². The van der Waals surface area contributed by atoms with Crippen LogP contribution in [0.1, 0.15) is 5.56 Å². The van der Waals surface area contributed by atoms with Crippen molar-refractivity contribution in [1.29, 1.82) is 5.26 Å². The Labute approximate surface area is 114 Å². The van der Waals surface area contributed by atoms with Crippen molar-refractivity contribution < 1.29 is 4.74 Å². The molecule has 0 fully saturated rings. The zero-order valence-electron chi connectivity index (χ0n) is 9.15. The maximum Gasteiger partial charge on any atom is 0.151 e. The van der Waals surface area contributed by atoms with Gasteiger partial charge in [0.05, 0.1) is 22.3 Å². The predicted molar refractivity (Wildman–Crippen MR) is 72.1 cm³/mol. The van der Waals surface area contributed by atoms with Crippen LogP contribution in [0.4, 0.5) is 5.69 Å². The zero-order valence-corrected chi connectivity index (χ0v) is 10.7. The van der Waals surface area contributed by atoms with Gasteiger partial charge in [-0.15, -0.1) is 0 Å². The van der Waals surface area contributed by atoms with Gasteiger partial charge in [-0.25, -0.2) is 0 Å². The Bertz CT molecular complexity index is 635. The van der Waals surface area contributed by atoms with Gasteiger partial charge in [0.25, 0.3) is 0 Å². The maximum atomic E-state index is 8.82. The normalized spacial score (nSPS) is 9.83. The molecule has 2 aromatic carbocycles. The molecule has 0 aliphatic rings. The molecule has 0 radical (unpaired) electrons. The van der Waals surface area contributed by atoms with Crippen LogP contribution in [-0.2, 0) is 0 Å². The van der Waals surface area contributed by atoms with E-state index >= 15 is 0 Å². The van der Waals surface area contributed by atoms with Crippen LogP contribution in [0.25, 0.3) is 0 Å². The lowest BCUT2D eigenvalue weighted by Crippen LogP contribution is -1.93. The molecule has 0 spiro atoms. The second-order valence-electron chi connectivity index (χ2n) is 3.52. The minimum Gasteiger partial charge on any atom is -0.454 e. The summed E-state index contributed by atoms with van der Waals surface area (Å²) >= 11 is 11.9. The first-order valence-electron chi connectivity index (χ1n) is 5.03. The first-order valence-corrected chi connectivity index (χ1v) is 5.79. The lowest BCUT2D eigenvalue weighted by molar-refractivity contribution is 0.485. The molecule has 3 nitrogen and oxygen atoms in total. The first-order chi connectivity index (χ1) is 8.61. The highest BCUT2D eigenvalue weighted by atomic mass is 35.5. The van der Waals surface area contributed by atoms with E-state index in [0.29, 0.717) is 32.8 Å². The van der Waals surface area contributed by atoms with E-state index in [9.17, 15) is 0 Å². The van der Waals surface area contributed by atoms with Crippen LogP contribution >= 0.6 is 23.2 Å². The fourth-order valence-electron chi connectivity index (χ4n) is 1.37. The van der Waals surface area contributed by atoms with Crippen LogP contribution in [0.15, 0.2) is 36.4 Å². The second kappa shape index (κ2) is 5.18. The topological polar surface area (TPSA) is 59.0 Å². The van der Waals surface area contributed by atoms with Crippen molar-refractivity contribution >= 4 is 28.9 Å². The summed E-state index contributed by atoms with van der Waals surface area (Å²) in [6.07, 6.45) is 0. The summed E-state index contributed by atoms with van der Waals surface area (Å²) in [5.74, 6) is 0.768. The largest absolute Gasteiger partial charge is 0.454 e. The molecule has 90 valence electrons. The van der Waals surface area contributed by atoms with Crippen LogP contribution in [0.5, 0.6) is 11.5 Å². The van der Waals surface area contributed by atoms with Crippen LogP contribution < -0.4 is 10.5 Å². The number of nitriles is 1. The molecule has 0 amide bonds. The molecule has 18 heavy (non-hydrogen) atoms. The van der Waals surface area contributed by atoms with Gasteiger partial charge in [0, 0.05) is 6.07 Å². The third-order valence-corrected chi connectivity index (χ3v) is 3.08. The van der Waals surface area contributed by atoms with Gasteiger partial charge in [0.2, 0.25) is 0 Å². The molecule has 0 aliphatic heterocycles. The van der Waals surface area contributed by atoms with E-state index in [4.69, 9.17) is 38.9 Å². The number of anilines is 1. The molecule has 0 saturated carbocycles. The van der Waals surface area contributed by atoms with E-state index in [2.05, 4.69) is 0 Å². The Morgan fingerprint density at radius 2 is 1.89 bits per heavy atom.